The van der Waals surface area contributed by atoms with E-state index >= 15 is 0 Å². The van der Waals surface area contributed by atoms with Gasteiger partial charge in [-0.1, -0.05) is 6.42 Å². The van der Waals surface area contributed by atoms with Crippen molar-refractivity contribution in [2.24, 2.45) is 0 Å². The summed E-state index contributed by atoms with van der Waals surface area (Å²) in [7, 11) is 0. The summed E-state index contributed by atoms with van der Waals surface area (Å²) in [5, 5.41) is 2.35. The quantitative estimate of drug-likeness (QED) is 0.670. The molecule has 1 N–H and O–H groups in total. The zero-order valence-corrected chi connectivity index (χ0v) is 19.7. The molecular formula is C27H30N4O4. The Kier molecular flexibility index (Phi) is 5.76. The maximum atomic E-state index is 13.0. The number of nitrogens with zero attached hydrogens (tertiary/aromatic N) is 3. The van der Waals surface area contributed by atoms with E-state index in [0.717, 1.165) is 43.7 Å². The average Bonchev–Trinajstić information content (AvgIpc) is 3.15. The van der Waals surface area contributed by atoms with Crippen molar-refractivity contribution >= 4 is 17.7 Å². The molecule has 1 aliphatic carbocycles. The molecule has 8 heteroatoms. The Balaban J connectivity index is 1.12. The summed E-state index contributed by atoms with van der Waals surface area (Å²) in [5.41, 5.74) is 2.85. The lowest BCUT2D eigenvalue weighted by molar-refractivity contribution is -0.136. The molecule has 0 bridgehead atoms. The predicted molar refractivity (Wildman–Crippen MR) is 128 cm³/mol. The van der Waals surface area contributed by atoms with Crippen molar-refractivity contribution in [2.75, 3.05) is 13.1 Å². The van der Waals surface area contributed by atoms with Gasteiger partial charge in [0, 0.05) is 56.0 Å². The molecule has 182 valence electrons. The first-order valence-electron chi connectivity index (χ1n) is 12.6. The fourth-order valence-electron chi connectivity index (χ4n) is 6.06. The maximum Gasteiger partial charge on any atom is 0.255 e. The highest BCUT2D eigenvalue weighted by Crippen LogP contribution is 2.36. The summed E-state index contributed by atoms with van der Waals surface area (Å²) < 4.78 is 6.54. The van der Waals surface area contributed by atoms with Crippen LogP contribution in [0.3, 0.4) is 0 Å². The van der Waals surface area contributed by atoms with Crippen molar-refractivity contribution in [3.05, 3.63) is 59.4 Å². The van der Waals surface area contributed by atoms with Crippen molar-refractivity contribution in [3.63, 3.8) is 0 Å². The minimum Gasteiger partial charge on any atom is -0.489 e. The molecule has 3 atom stereocenters. The van der Waals surface area contributed by atoms with E-state index in [9.17, 15) is 14.4 Å². The second-order valence-electron chi connectivity index (χ2n) is 10.2. The van der Waals surface area contributed by atoms with Gasteiger partial charge >= 0.3 is 0 Å². The number of carbonyl (C=O) groups excluding carboxylic acids is 3. The van der Waals surface area contributed by atoms with Gasteiger partial charge in [-0.2, -0.15) is 0 Å². The standard InChI is InChI=1S/C27H30N4O4/c32-25-8-7-23(26(33)29-25)31-16-18-13-20(5-6-21(18)27(31)34)35-24-4-2-1-3-22(24)30-14-19(15-30)17-9-11-28-12-10-17/h5-6,9-13,19,22-24H,1-4,7-8,14-16H2,(H,29,32,33)/t22-,23?,24+/m1/s1. The van der Waals surface area contributed by atoms with Crippen LogP contribution in [0.4, 0.5) is 0 Å². The van der Waals surface area contributed by atoms with Crippen LogP contribution in [-0.4, -0.2) is 63.8 Å². The van der Waals surface area contributed by atoms with Gasteiger partial charge in [-0.3, -0.25) is 29.6 Å². The third kappa shape index (κ3) is 4.20. The molecule has 1 unspecified atom stereocenters. The molecule has 35 heavy (non-hydrogen) atoms. The summed E-state index contributed by atoms with van der Waals surface area (Å²) in [6, 6.07) is 9.69. The number of amides is 3. The van der Waals surface area contributed by atoms with Crippen LogP contribution in [0.5, 0.6) is 5.75 Å². The molecule has 3 amide bonds. The minimum atomic E-state index is -0.598. The van der Waals surface area contributed by atoms with Crippen LogP contribution in [0.2, 0.25) is 0 Å². The summed E-state index contributed by atoms with van der Waals surface area (Å²) in [6.07, 6.45) is 9.04. The van der Waals surface area contributed by atoms with Gasteiger partial charge in [0.15, 0.2) is 0 Å². The van der Waals surface area contributed by atoms with Crippen molar-refractivity contribution in [1.29, 1.82) is 0 Å². The van der Waals surface area contributed by atoms with Crippen molar-refractivity contribution < 1.29 is 19.1 Å². The summed E-state index contributed by atoms with van der Waals surface area (Å²) in [4.78, 5) is 45.0. The van der Waals surface area contributed by atoms with E-state index in [2.05, 4.69) is 27.3 Å². The summed E-state index contributed by atoms with van der Waals surface area (Å²) in [5.74, 6) is 0.528. The number of fused-ring (bicyclic) bond motifs is 1. The van der Waals surface area contributed by atoms with Gasteiger partial charge in [-0.05, 0) is 67.1 Å². The van der Waals surface area contributed by atoms with E-state index in [1.54, 1.807) is 4.90 Å². The number of aromatic nitrogens is 1. The van der Waals surface area contributed by atoms with Gasteiger partial charge in [0.1, 0.15) is 17.9 Å². The first kappa shape index (κ1) is 22.2. The zero-order chi connectivity index (χ0) is 23.9. The Morgan fingerprint density at radius 2 is 1.77 bits per heavy atom. The third-order valence-corrected chi connectivity index (χ3v) is 8.01. The molecule has 8 nitrogen and oxygen atoms in total. The average molecular weight is 475 g/mol. The molecule has 3 fully saturated rings. The predicted octanol–water partition coefficient (Wildman–Crippen LogP) is 2.63. The number of ether oxygens (including phenoxy) is 1. The van der Waals surface area contributed by atoms with Crippen molar-refractivity contribution in [2.45, 2.75) is 69.2 Å². The smallest absolute Gasteiger partial charge is 0.255 e. The van der Waals surface area contributed by atoms with Crippen LogP contribution in [0.1, 0.15) is 65.9 Å². The lowest BCUT2D eigenvalue weighted by atomic mass is 9.84. The number of carbonyl (C=O) groups is 3. The Hall–Kier alpha value is -3.26. The number of likely N-dealkylation sites (tertiary alicyclic amines) is 1. The molecular weight excluding hydrogens is 444 g/mol. The van der Waals surface area contributed by atoms with Gasteiger partial charge in [0.2, 0.25) is 11.8 Å². The SMILES string of the molecule is O=C1CCC(N2Cc3cc(O[C@H]4CCCC[C@H]4N4CC(c5ccncc5)C4)ccc3C2=O)C(=O)N1. The Morgan fingerprint density at radius 3 is 2.57 bits per heavy atom. The van der Waals surface area contributed by atoms with Crippen LogP contribution in [0.25, 0.3) is 0 Å². The van der Waals surface area contributed by atoms with Gasteiger partial charge < -0.3 is 9.64 Å². The second-order valence-corrected chi connectivity index (χ2v) is 10.2. The highest BCUT2D eigenvalue weighted by molar-refractivity contribution is 6.05. The van der Waals surface area contributed by atoms with Crippen LogP contribution in [0.15, 0.2) is 42.7 Å². The molecule has 2 saturated heterocycles. The number of rotatable bonds is 5. The van der Waals surface area contributed by atoms with Crippen molar-refractivity contribution in [3.8, 4) is 5.75 Å². The summed E-state index contributed by atoms with van der Waals surface area (Å²) >= 11 is 0. The van der Waals surface area contributed by atoms with Gasteiger partial charge in [0.05, 0.1) is 0 Å². The van der Waals surface area contributed by atoms with E-state index in [1.165, 1.54) is 12.0 Å². The second kappa shape index (κ2) is 9.07. The molecule has 4 heterocycles. The Bertz CT molecular complexity index is 1150. The van der Waals surface area contributed by atoms with Crippen molar-refractivity contribution in [1.82, 2.24) is 20.1 Å². The molecule has 1 aromatic heterocycles. The lowest BCUT2D eigenvalue weighted by Gasteiger charge is -2.48. The monoisotopic (exact) mass is 474 g/mol. The van der Waals surface area contributed by atoms with Crippen LogP contribution >= 0.6 is 0 Å². The number of hydrogen-bond acceptors (Lipinski definition) is 6. The first-order chi connectivity index (χ1) is 17.1. The number of benzene rings is 1. The zero-order valence-electron chi connectivity index (χ0n) is 19.7. The Morgan fingerprint density at radius 1 is 0.971 bits per heavy atom. The molecule has 4 aliphatic rings. The fourth-order valence-corrected chi connectivity index (χ4v) is 6.06. The fraction of sp³-hybridized carbons (Fsp3) is 0.481. The highest BCUT2D eigenvalue weighted by atomic mass is 16.5. The van der Waals surface area contributed by atoms with Gasteiger partial charge in [-0.15, -0.1) is 0 Å². The number of pyridine rings is 1. The number of imide groups is 1. The number of hydrogen-bond donors (Lipinski definition) is 1. The molecule has 1 saturated carbocycles. The molecule has 3 aliphatic heterocycles. The van der Waals surface area contributed by atoms with Crippen LogP contribution in [0, 0.1) is 0 Å². The Labute approximate surface area is 204 Å². The van der Waals surface area contributed by atoms with E-state index in [0.29, 0.717) is 30.5 Å². The minimum absolute atomic E-state index is 0.128. The molecule has 0 spiro atoms. The van der Waals surface area contributed by atoms with Crippen LogP contribution < -0.4 is 10.1 Å². The third-order valence-electron chi connectivity index (χ3n) is 8.01. The number of piperidine rings is 1. The van der Waals surface area contributed by atoms with Gasteiger partial charge in [-0.25, -0.2) is 0 Å². The number of nitrogens with one attached hydrogen (secondary N) is 1. The molecule has 1 aromatic carbocycles. The first-order valence-corrected chi connectivity index (χ1v) is 12.6. The van der Waals surface area contributed by atoms with Gasteiger partial charge in [0.25, 0.3) is 5.91 Å². The van der Waals surface area contributed by atoms with E-state index in [4.69, 9.17) is 4.74 Å². The largest absolute Gasteiger partial charge is 0.489 e. The highest BCUT2D eigenvalue weighted by Gasteiger charge is 2.41. The molecule has 0 radical (unpaired) electrons. The molecule has 2 aromatic rings. The van der Waals surface area contributed by atoms with E-state index in [1.807, 2.05) is 30.6 Å². The van der Waals surface area contributed by atoms with E-state index in [-0.39, 0.29) is 30.2 Å². The summed E-state index contributed by atoms with van der Waals surface area (Å²) in [6.45, 7) is 2.47. The lowest BCUT2D eigenvalue weighted by Crippen LogP contribution is -2.57. The molecule has 6 rings (SSSR count). The maximum absolute atomic E-state index is 13.0. The normalized spacial score (nSPS) is 27.4. The topological polar surface area (TPSA) is 91.8 Å². The van der Waals surface area contributed by atoms with Crippen LogP contribution in [-0.2, 0) is 16.1 Å². The van der Waals surface area contributed by atoms with E-state index < -0.39 is 6.04 Å².